The van der Waals surface area contributed by atoms with Gasteiger partial charge in [0.15, 0.2) is 0 Å². The quantitative estimate of drug-likeness (QED) is 0.568. The molecule has 14 heavy (non-hydrogen) atoms. The Morgan fingerprint density at radius 1 is 1.29 bits per heavy atom. The second kappa shape index (κ2) is 4.71. The Morgan fingerprint density at radius 2 is 1.79 bits per heavy atom. The Labute approximate surface area is 104 Å². The molecule has 0 saturated carbocycles. The summed E-state index contributed by atoms with van der Waals surface area (Å²) in [4.78, 5) is 0. The van der Waals surface area contributed by atoms with E-state index < -0.39 is 0 Å². The summed E-state index contributed by atoms with van der Waals surface area (Å²) in [6, 6.07) is 3.88. The van der Waals surface area contributed by atoms with Crippen molar-refractivity contribution < 1.29 is 12.4 Å². The van der Waals surface area contributed by atoms with Gasteiger partial charge in [-0.05, 0) is 15.9 Å². The van der Waals surface area contributed by atoms with Crippen LogP contribution in [0.3, 0.4) is 0 Å². The molecule has 5 heteroatoms. The number of nitrogens with two attached hydrogens (primary N) is 1. The van der Waals surface area contributed by atoms with Crippen molar-refractivity contribution in [2.45, 2.75) is 0 Å². The maximum absolute atomic E-state index is 5.96. The number of halogens is 3. The Morgan fingerprint density at radius 3 is 2.14 bits per heavy atom. The molecule has 0 radical (unpaired) electrons. The molecule has 0 bridgehead atoms. The van der Waals surface area contributed by atoms with Gasteiger partial charge in [0.05, 0.1) is 31.9 Å². The zero-order chi connectivity index (χ0) is 10.2. The van der Waals surface area contributed by atoms with Crippen LogP contribution < -0.4 is 22.6 Å². The normalized spacial score (nSPS) is 10.9. The van der Waals surface area contributed by atoms with Gasteiger partial charge in [0.1, 0.15) is 5.69 Å². The first-order valence-corrected chi connectivity index (χ1v) is 5.06. The summed E-state index contributed by atoms with van der Waals surface area (Å²) < 4.78 is 1.57. The molecule has 1 rings (SSSR count). The Bertz CT molecular complexity index is 311. The zero-order valence-electron chi connectivity index (χ0n) is 8.31. The number of quaternary nitrogens is 1. The molecule has 0 saturated heterocycles. The van der Waals surface area contributed by atoms with Gasteiger partial charge in [-0.2, -0.15) is 0 Å². The molecule has 0 aliphatic heterocycles. The van der Waals surface area contributed by atoms with Crippen LogP contribution in [-0.2, 0) is 0 Å². The number of hydrogen-bond donors (Lipinski definition) is 1. The van der Waals surface area contributed by atoms with Crippen molar-refractivity contribution in [1.82, 2.24) is 4.48 Å². The highest BCUT2D eigenvalue weighted by Crippen LogP contribution is 2.33. The lowest BCUT2D eigenvalue weighted by molar-refractivity contribution is -0.00000277. The number of nitrogens with zero attached hydrogens (tertiary/aromatic N) is 1. The fourth-order valence-corrected chi connectivity index (χ4v) is 1.73. The maximum Gasteiger partial charge on any atom is 0.134 e. The van der Waals surface area contributed by atoms with Gasteiger partial charge in [-0.1, -0.05) is 11.6 Å². The highest BCUT2D eigenvalue weighted by atomic mass is 79.9. The van der Waals surface area contributed by atoms with E-state index in [0.717, 1.165) is 14.6 Å². The van der Waals surface area contributed by atoms with Gasteiger partial charge in [-0.3, -0.25) is 4.48 Å². The predicted octanol–water partition coefficient (Wildman–Crippen LogP) is -0.115. The summed E-state index contributed by atoms with van der Waals surface area (Å²) >= 11 is 9.33. The largest absolute Gasteiger partial charge is 1.00 e. The van der Waals surface area contributed by atoms with Gasteiger partial charge in [0.2, 0.25) is 0 Å². The van der Waals surface area contributed by atoms with E-state index in [0.29, 0.717) is 10.7 Å². The fourth-order valence-electron chi connectivity index (χ4n) is 0.958. The minimum Gasteiger partial charge on any atom is -1.00 e. The summed E-state index contributed by atoms with van der Waals surface area (Å²) in [7, 11) is 6.23. The molecule has 1 aromatic carbocycles. The second-order valence-corrected chi connectivity index (χ2v) is 5.10. The molecule has 0 aliphatic carbocycles. The standard InChI is InChI=1S/C9H13BrClN2.ClH/c1-13(2,3)6-4-7(10)9(12)8(11)5-6;/h4-5H,12H2,1-3H3;1H/q+1;/p-1. The molecule has 0 amide bonds. The first-order chi connectivity index (χ1) is 5.82. The van der Waals surface area contributed by atoms with Gasteiger partial charge >= 0.3 is 0 Å². The first kappa shape index (κ1) is 14.0. The highest BCUT2D eigenvalue weighted by Gasteiger charge is 2.15. The van der Waals surface area contributed by atoms with Gasteiger partial charge in [-0.15, -0.1) is 0 Å². The minimum absolute atomic E-state index is 0. The molecule has 0 spiro atoms. The van der Waals surface area contributed by atoms with Crippen molar-refractivity contribution in [2.75, 3.05) is 26.9 Å². The summed E-state index contributed by atoms with van der Waals surface area (Å²) in [5.41, 5.74) is 7.42. The van der Waals surface area contributed by atoms with Crippen LogP contribution in [0.25, 0.3) is 0 Å². The molecule has 2 N–H and O–H groups in total. The second-order valence-electron chi connectivity index (χ2n) is 3.84. The molecule has 80 valence electrons. The summed E-state index contributed by atoms with van der Waals surface area (Å²) in [6.07, 6.45) is 0. The zero-order valence-corrected chi connectivity index (χ0v) is 11.4. The molecule has 0 aliphatic rings. The van der Waals surface area contributed by atoms with Gasteiger partial charge in [-0.25, -0.2) is 0 Å². The summed E-state index contributed by atoms with van der Waals surface area (Å²) in [5.74, 6) is 0. The van der Waals surface area contributed by atoms with E-state index in [4.69, 9.17) is 17.3 Å². The van der Waals surface area contributed by atoms with Gasteiger partial charge < -0.3 is 18.1 Å². The molecule has 0 aromatic heterocycles. The number of rotatable bonds is 1. The molecule has 0 unspecified atom stereocenters. The summed E-state index contributed by atoms with van der Waals surface area (Å²) in [6.45, 7) is 0. The van der Waals surface area contributed by atoms with Crippen molar-refractivity contribution in [2.24, 2.45) is 0 Å². The lowest BCUT2D eigenvalue weighted by atomic mass is 10.2. The number of benzene rings is 1. The van der Waals surface area contributed by atoms with E-state index in [1.807, 2.05) is 12.1 Å². The van der Waals surface area contributed by atoms with Gasteiger partial charge in [0.25, 0.3) is 0 Å². The molecule has 2 nitrogen and oxygen atoms in total. The fraction of sp³-hybridized carbons (Fsp3) is 0.333. The highest BCUT2D eigenvalue weighted by molar-refractivity contribution is 9.10. The van der Waals surface area contributed by atoms with Crippen LogP contribution in [0.5, 0.6) is 0 Å². The summed E-state index contributed by atoms with van der Waals surface area (Å²) in [5, 5.41) is 0.595. The van der Waals surface area contributed by atoms with Crippen LogP contribution in [0.15, 0.2) is 16.6 Å². The van der Waals surface area contributed by atoms with E-state index in [2.05, 4.69) is 37.1 Å². The molecule has 0 fully saturated rings. The van der Waals surface area contributed by atoms with E-state index >= 15 is 0 Å². The third-order valence-corrected chi connectivity index (χ3v) is 2.81. The van der Waals surface area contributed by atoms with Crippen molar-refractivity contribution in [3.63, 3.8) is 0 Å². The van der Waals surface area contributed by atoms with Crippen molar-refractivity contribution in [3.05, 3.63) is 21.6 Å². The van der Waals surface area contributed by atoms with Crippen LogP contribution in [0.4, 0.5) is 11.4 Å². The molecule has 0 atom stereocenters. The maximum atomic E-state index is 5.96. The lowest BCUT2D eigenvalue weighted by Gasteiger charge is -2.24. The van der Waals surface area contributed by atoms with Crippen LogP contribution in [0.1, 0.15) is 0 Å². The van der Waals surface area contributed by atoms with Crippen LogP contribution in [0, 0.1) is 0 Å². The van der Waals surface area contributed by atoms with Crippen molar-refractivity contribution in [1.29, 1.82) is 0 Å². The van der Waals surface area contributed by atoms with E-state index in [9.17, 15) is 0 Å². The van der Waals surface area contributed by atoms with Gasteiger partial charge in [0, 0.05) is 16.6 Å². The molecule has 1 aromatic rings. The van der Waals surface area contributed by atoms with Crippen molar-refractivity contribution in [3.8, 4) is 0 Å². The third kappa shape index (κ3) is 3.02. The Hall–Kier alpha value is 0.0400. The lowest BCUT2D eigenvalue weighted by Crippen LogP contribution is -3.00. The monoisotopic (exact) mass is 298 g/mol. The first-order valence-electron chi connectivity index (χ1n) is 3.89. The van der Waals surface area contributed by atoms with Crippen LogP contribution in [0.2, 0.25) is 5.02 Å². The Balaban J connectivity index is 0.00000169. The SMILES string of the molecule is C[N+](C)(C)c1cc(Cl)c(N)c(Br)c1.[Cl-]. The molecular formula is C9H13BrCl2N2. The number of anilines is 1. The third-order valence-electron chi connectivity index (χ3n) is 1.84. The average Bonchev–Trinajstić information content (AvgIpc) is 1.97. The Kier molecular flexibility index (Phi) is 4.72. The van der Waals surface area contributed by atoms with E-state index in [1.165, 1.54) is 0 Å². The number of nitrogen functional groups attached to an aromatic ring is 1. The average molecular weight is 300 g/mol. The number of hydrogen-bond acceptors (Lipinski definition) is 1. The molecule has 0 heterocycles. The minimum atomic E-state index is 0. The topological polar surface area (TPSA) is 26.0 Å². The smallest absolute Gasteiger partial charge is 0.134 e. The van der Waals surface area contributed by atoms with Crippen molar-refractivity contribution >= 4 is 38.9 Å². The van der Waals surface area contributed by atoms with E-state index in [-0.39, 0.29) is 12.4 Å². The van der Waals surface area contributed by atoms with E-state index in [1.54, 1.807) is 0 Å². The van der Waals surface area contributed by atoms with Crippen LogP contribution in [-0.4, -0.2) is 21.1 Å². The molecular weight excluding hydrogens is 287 g/mol. The predicted molar refractivity (Wildman–Crippen MR) is 63.1 cm³/mol. The van der Waals surface area contributed by atoms with Crippen LogP contribution >= 0.6 is 27.5 Å².